The first-order chi connectivity index (χ1) is 11.5. The smallest absolute Gasteiger partial charge is 0.336 e. The fourth-order valence-electron chi connectivity index (χ4n) is 1.93. The topological polar surface area (TPSA) is 88.0 Å². The number of nitrogens with zero attached hydrogens (tertiary/aromatic N) is 1. The standard InChI is InChI=1S/C17H15ClN2O4/c1-11-8-13(18)6-7-15(11)24-10-16(21)20-19-9-12-4-2-3-5-14(12)17(22)23/h2-9H,10H2,1H3,(H,20,21)(H,22,23). The molecule has 1 amide bonds. The molecule has 0 saturated heterocycles. The van der Waals surface area contributed by atoms with E-state index in [4.69, 9.17) is 21.4 Å². The van der Waals surface area contributed by atoms with E-state index >= 15 is 0 Å². The van der Waals surface area contributed by atoms with E-state index in [2.05, 4.69) is 10.5 Å². The number of benzene rings is 2. The van der Waals surface area contributed by atoms with Gasteiger partial charge in [0, 0.05) is 10.6 Å². The lowest BCUT2D eigenvalue weighted by molar-refractivity contribution is -0.123. The summed E-state index contributed by atoms with van der Waals surface area (Å²) in [6, 6.07) is 11.4. The lowest BCUT2D eigenvalue weighted by atomic mass is 10.1. The maximum absolute atomic E-state index is 11.7. The fourth-order valence-corrected chi connectivity index (χ4v) is 2.16. The molecule has 0 bridgehead atoms. The molecule has 0 atom stereocenters. The zero-order chi connectivity index (χ0) is 17.5. The second-order valence-electron chi connectivity index (χ2n) is 4.88. The van der Waals surface area contributed by atoms with Gasteiger partial charge in [0.15, 0.2) is 6.61 Å². The highest BCUT2D eigenvalue weighted by molar-refractivity contribution is 6.30. The van der Waals surface area contributed by atoms with Crippen LogP contribution in [0.2, 0.25) is 5.02 Å². The predicted octanol–water partition coefficient (Wildman–Crippen LogP) is 2.88. The molecule has 124 valence electrons. The second kappa shape index (κ2) is 8.12. The minimum Gasteiger partial charge on any atom is -0.483 e. The molecular formula is C17H15ClN2O4. The molecule has 0 heterocycles. The monoisotopic (exact) mass is 346 g/mol. The average Bonchev–Trinajstić information content (AvgIpc) is 2.54. The van der Waals surface area contributed by atoms with Gasteiger partial charge in [0.25, 0.3) is 5.91 Å². The van der Waals surface area contributed by atoms with Crippen LogP contribution in [0.1, 0.15) is 21.5 Å². The van der Waals surface area contributed by atoms with Crippen molar-refractivity contribution in [1.82, 2.24) is 5.43 Å². The van der Waals surface area contributed by atoms with Gasteiger partial charge in [-0.05, 0) is 36.8 Å². The number of ether oxygens (including phenoxy) is 1. The van der Waals surface area contributed by atoms with Gasteiger partial charge in [-0.25, -0.2) is 10.2 Å². The number of hydrogen-bond donors (Lipinski definition) is 2. The van der Waals surface area contributed by atoms with Gasteiger partial charge in [-0.3, -0.25) is 4.79 Å². The summed E-state index contributed by atoms with van der Waals surface area (Å²) in [4.78, 5) is 22.8. The molecule has 0 aliphatic heterocycles. The minimum atomic E-state index is -1.06. The first kappa shape index (κ1) is 17.5. The van der Waals surface area contributed by atoms with Crippen LogP contribution in [0.15, 0.2) is 47.6 Å². The Morgan fingerprint density at radius 2 is 2.04 bits per heavy atom. The summed E-state index contributed by atoms with van der Waals surface area (Å²) in [6.07, 6.45) is 1.27. The van der Waals surface area contributed by atoms with E-state index in [9.17, 15) is 9.59 Å². The molecule has 0 fully saturated rings. The third-order valence-corrected chi connectivity index (χ3v) is 3.31. The number of carbonyl (C=O) groups excluding carboxylic acids is 1. The SMILES string of the molecule is Cc1cc(Cl)ccc1OCC(=O)NN=Cc1ccccc1C(=O)O. The quantitative estimate of drug-likeness (QED) is 0.622. The normalized spacial score (nSPS) is 10.6. The summed E-state index contributed by atoms with van der Waals surface area (Å²) < 4.78 is 5.38. The van der Waals surface area contributed by atoms with E-state index in [0.29, 0.717) is 16.3 Å². The molecule has 2 aromatic carbocycles. The number of aromatic carboxylic acids is 1. The van der Waals surface area contributed by atoms with Crippen LogP contribution in [-0.2, 0) is 4.79 Å². The minimum absolute atomic E-state index is 0.100. The molecule has 7 heteroatoms. The van der Waals surface area contributed by atoms with E-state index < -0.39 is 11.9 Å². The number of hydrazone groups is 1. The van der Waals surface area contributed by atoms with Crippen LogP contribution in [0.4, 0.5) is 0 Å². The number of carboxylic acids is 1. The van der Waals surface area contributed by atoms with Crippen molar-refractivity contribution in [3.8, 4) is 5.75 Å². The van der Waals surface area contributed by atoms with Crippen LogP contribution in [0.5, 0.6) is 5.75 Å². The van der Waals surface area contributed by atoms with E-state index in [-0.39, 0.29) is 12.2 Å². The number of carbonyl (C=O) groups is 2. The molecule has 0 saturated carbocycles. The van der Waals surface area contributed by atoms with Gasteiger partial charge in [-0.1, -0.05) is 29.8 Å². The largest absolute Gasteiger partial charge is 0.483 e. The summed E-state index contributed by atoms with van der Waals surface area (Å²) in [5, 5.41) is 13.4. The summed E-state index contributed by atoms with van der Waals surface area (Å²) in [5.41, 5.74) is 3.59. The Kier molecular flexibility index (Phi) is 5.92. The van der Waals surface area contributed by atoms with Crippen molar-refractivity contribution in [2.75, 3.05) is 6.61 Å². The summed E-state index contributed by atoms with van der Waals surface area (Å²) >= 11 is 5.85. The molecule has 0 aromatic heterocycles. The number of hydrogen-bond acceptors (Lipinski definition) is 4. The van der Waals surface area contributed by atoms with Crippen molar-refractivity contribution in [3.05, 3.63) is 64.2 Å². The van der Waals surface area contributed by atoms with Crippen LogP contribution >= 0.6 is 11.6 Å². The van der Waals surface area contributed by atoms with Crippen molar-refractivity contribution < 1.29 is 19.4 Å². The summed E-state index contributed by atoms with van der Waals surface area (Å²) in [7, 11) is 0. The predicted molar refractivity (Wildman–Crippen MR) is 90.8 cm³/mol. The Bertz CT molecular complexity index is 790. The lowest BCUT2D eigenvalue weighted by Crippen LogP contribution is -2.24. The molecule has 0 aliphatic carbocycles. The average molecular weight is 347 g/mol. The van der Waals surface area contributed by atoms with Gasteiger partial charge in [-0.2, -0.15) is 5.10 Å². The van der Waals surface area contributed by atoms with Gasteiger partial charge in [0.1, 0.15) is 5.75 Å². The molecule has 0 aliphatic rings. The molecule has 24 heavy (non-hydrogen) atoms. The summed E-state index contributed by atoms with van der Waals surface area (Å²) in [6.45, 7) is 1.60. The van der Waals surface area contributed by atoms with Crippen molar-refractivity contribution in [2.45, 2.75) is 6.92 Å². The van der Waals surface area contributed by atoms with Crippen LogP contribution < -0.4 is 10.2 Å². The third kappa shape index (κ3) is 4.82. The Morgan fingerprint density at radius 1 is 1.29 bits per heavy atom. The Labute approximate surface area is 143 Å². The van der Waals surface area contributed by atoms with Crippen molar-refractivity contribution in [1.29, 1.82) is 0 Å². The molecular weight excluding hydrogens is 332 g/mol. The number of nitrogens with one attached hydrogen (secondary N) is 1. The van der Waals surface area contributed by atoms with Gasteiger partial charge in [-0.15, -0.1) is 0 Å². The van der Waals surface area contributed by atoms with Crippen LogP contribution in [0.25, 0.3) is 0 Å². The van der Waals surface area contributed by atoms with Gasteiger partial charge < -0.3 is 9.84 Å². The van der Waals surface area contributed by atoms with Gasteiger partial charge >= 0.3 is 5.97 Å². The third-order valence-electron chi connectivity index (χ3n) is 3.08. The van der Waals surface area contributed by atoms with Crippen molar-refractivity contribution in [2.24, 2.45) is 5.10 Å². The maximum atomic E-state index is 11.7. The van der Waals surface area contributed by atoms with Gasteiger partial charge in [0.2, 0.25) is 0 Å². The lowest BCUT2D eigenvalue weighted by Gasteiger charge is -2.08. The molecule has 2 aromatic rings. The van der Waals surface area contributed by atoms with E-state index in [1.165, 1.54) is 12.3 Å². The number of carboxylic acid groups (broad SMARTS) is 1. The number of aryl methyl sites for hydroxylation is 1. The molecule has 0 unspecified atom stereocenters. The maximum Gasteiger partial charge on any atom is 0.336 e. The molecule has 6 nitrogen and oxygen atoms in total. The molecule has 0 spiro atoms. The van der Waals surface area contributed by atoms with Crippen LogP contribution in [-0.4, -0.2) is 29.8 Å². The first-order valence-corrected chi connectivity index (χ1v) is 7.38. The molecule has 2 rings (SSSR count). The van der Waals surface area contributed by atoms with E-state index in [1.54, 1.807) is 36.4 Å². The Hall–Kier alpha value is -2.86. The second-order valence-corrected chi connectivity index (χ2v) is 5.32. The zero-order valence-electron chi connectivity index (χ0n) is 12.8. The Balaban J connectivity index is 1.90. The van der Waals surface area contributed by atoms with Gasteiger partial charge in [0.05, 0.1) is 11.8 Å². The van der Waals surface area contributed by atoms with Crippen molar-refractivity contribution in [3.63, 3.8) is 0 Å². The number of amides is 1. The van der Waals surface area contributed by atoms with Crippen LogP contribution in [0, 0.1) is 6.92 Å². The van der Waals surface area contributed by atoms with Crippen LogP contribution in [0.3, 0.4) is 0 Å². The zero-order valence-corrected chi connectivity index (χ0v) is 13.6. The number of rotatable bonds is 6. The fraction of sp³-hybridized carbons (Fsp3) is 0.118. The van der Waals surface area contributed by atoms with E-state index in [0.717, 1.165) is 5.56 Å². The molecule has 2 N–H and O–H groups in total. The highest BCUT2D eigenvalue weighted by Crippen LogP contribution is 2.21. The molecule has 0 radical (unpaired) electrons. The van der Waals surface area contributed by atoms with Crippen molar-refractivity contribution >= 4 is 29.7 Å². The first-order valence-electron chi connectivity index (χ1n) is 7.00. The highest BCUT2D eigenvalue weighted by atomic mass is 35.5. The summed E-state index contributed by atoms with van der Waals surface area (Å²) in [5.74, 6) is -0.979. The number of halogens is 1. The highest BCUT2D eigenvalue weighted by Gasteiger charge is 2.07. The Morgan fingerprint density at radius 3 is 2.75 bits per heavy atom. The van der Waals surface area contributed by atoms with E-state index in [1.807, 2.05) is 6.92 Å².